The van der Waals surface area contributed by atoms with Crippen LogP contribution in [0.15, 0.2) is 24.3 Å². The molecule has 0 aliphatic rings. The third-order valence-electron chi connectivity index (χ3n) is 3.33. The minimum absolute atomic E-state index is 0.271. The smallest absolute Gasteiger partial charge is 0.123 e. The number of ether oxygens (including phenoxy) is 2. The van der Waals surface area contributed by atoms with Crippen LogP contribution in [0.4, 0.5) is 0 Å². The first kappa shape index (κ1) is 17.0. The molecule has 1 aromatic carbocycles. The molecule has 1 aromatic rings. The van der Waals surface area contributed by atoms with Gasteiger partial charge in [0.15, 0.2) is 0 Å². The summed E-state index contributed by atoms with van der Waals surface area (Å²) in [6.07, 6.45) is 1.12. The first-order valence-electron chi connectivity index (χ1n) is 7.26. The Morgan fingerprint density at radius 2 is 2.00 bits per heavy atom. The highest BCUT2D eigenvalue weighted by atomic mass is 16.5. The summed E-state index contributed by atoms with van der Waals surface area (Å²) in [5, 5.41) is 3.61. The van der Waals surface area contributed by atoms with Gasteiger partial charge in [-0.15, -0.1) is 0 Å². The van der Waals surface area contributed by atoms with Crippen molar-refractivity contribution in [1.29, 1.82) is 0 Å². The fraction of sp³-hybridized carbons (Fsp3) is 0.625. The van der Waals surface area contributed by atoms with Gasteiger partial charge in [-0.1, -0.05) is 25.1 Å². The van der Waals surface area contributed by atoms with Gasteiger partial charge in [0.1, 0.15) is 5.75 Å². The molecule has 4 nitrogen and oxygen atoms in total. The molecule has 0 heterocycles. The lowest BCUT2D eigenvalue weighted by Gasteiger charge is -2.26. The van der Waals surface area contributed by atoms with Crippen molar-refractivity contribution in [3.05, 3.63) is 29.8 Å². The second-order valence-electron chi connectivity index (χ2n) is 5.00. The van der Waals surface area contributed by atoms with Crippen LogP contribution in [-0.4, -0.2) is 52.4 Å². The van der Waals surface area contributed by atoms with Crippen molar-refractivity contribution in [2.75, 3.05) is 47.5 Å². The molecule has 4 heteroatoms. The molecule has 1 atom stereocenters. The Morgan fingerprint density at radius 1 is 1.25 bits per heavy atom. The molecule has 0 saturated heterocycles. The van der Waals surface area contributed by atoms with Gasteiger partial charge in [0.25, 0.3) is 0 Å². The highest BCUT2D eigenvalue weighted by Gasteiger charge is 2.16. The van der Waals surface area contributed by atoms with Gasteiger partial charge in [0, 0.05) is 31.8 Å². The van der Waals surface area contributed by atoms with Crippen LogP contribution >= 0.6 is 0 Å². The number of benzene rings is 1. The van der Waals surface area contributed by atoms with E-state index in [-0.39, 0.29) is 6.04 Å². The minimum Gasteiger partial charge on any atom is -0.496 e. The van der Waals surface area contributed by atoms with Crippen molar-refractivity contribution in [3.63, 3.8) is 0 Å². The molecule has 0 spiro atoms. The number of methoxy groups -OCH3 is 2. The zero-order valence-electron chi connectivity index (χ0n) is 13.2. The molecule has 1 rings (SSSR count). The monoisotopic (exact) mass is 280 g/mol. The molecular formula is C16H28N2O2. The molecule has 0 aliphatic heterocycles. The molecule has 0 radical (unpaired) electrons. The third-order valence-corrected chi connectivity index (χ3v) is 3.33. The largest absolute Gasteiger partial charge is 0.496 e. The molecule has 1 unspecified atom stereocenters. The highest BCUT2D eigenvalue weighted by Crippen LogP contribution is 2.25. The Balaban J connectivity index is 2.76. The van der Waals surface area contributed by atoms with Gasteiger partial charge in [-0.25, -0.2) is 0 Å². The number of hydrogen-bond donors (Lipinski definition) is 1. The summed E-state index contributed by atoms with van der Waals surface area (Å²) in [5.74, 6) is 0.946. The second-order valence-corrected chi connectivity index (χ2v) is 5.00. The van der Waals surface area contributed by atoms with E-state index in [0.29, 0.717) is 0 Å². The maximum absolute atomic E-state index is 5.49. The number of hydrogen-bond acceptors (Lipinski definition) is 4. The van der Waals surface area contributed by atoms with Crippen LogP contribution in [0.1, 0.15) is 24.9 Å². The van der Waals surface area contributed by atoms with Crippen LogP contribution < -0.4 is 10.1 Å². The number of likely N-dealkylation sites (N-methyl/N-ethyl adjacent to an activating group) is 1. The Kier molecular flexibility index (Phi) is 8.26. The van der Waals surface area contributed by atoms with E-state index in [9.17, 15) is 0 Å². The Labute approximate surface area is 123 Å². The van der Waals surface area contributed by atoms with Gasteiger partial charge < -0.3 is 19.7 Å². The molecule has 20 heavy (non-hydrogen) atoms. The Morgan fingerprint density at radius 3 is 2.65 bits per heavy atom. The van der Waals surface area contributed by atoms with E-state index in [4.69, 9.17) is 9.47 Å². The van der Waals surface area contributed by atoms with E-state index >= 15 is 0 Å². The zero-order valence-corrected chi connectivity index (χ0v) is 13.2. The van der Waals surface area contributed by atoms with Crippen molar-refractivity contribution < 1.29 is 9.47 Å². The van der Waals surface area contributed by atoms with E-state index in [1.807, 2.05) is 12.1 Å². The van der Waals surface area contributed by atoms with Gasteiger partial charge in [0.05, 0.1) is 13.7 Å². The fourth-order valence-corrected chi connectivity index (χ4v) is 2.20. The minimum atomic E-state index is 0.271. The Bertz CT molecular complexity index is 371. The van der Waals surface area contributed by atoms with Gasteiger partial charge in [-0.05, 0) is 26.1 Å². The summed E-state index contributed by atoms with van der Waals surface area (Å²) in [4.78, 5) is 2.28. The summed E-state index contributed by atoms with van der Waals surface area (Å²) < 4.78 is 10.6. The van der Waals surface area contributed by atoms with Crippen LogP contribution in [0.3, 0.4) is 0 Å². The van der Waals surface area contributed by atoms with E-state index in [1.54, 1.807) is 14.2 Å². The van der Waals surface area contributed by atoms with Crippen molar-refractivity contribution in [2.45, 2.75) is 19.4 Å². The molecule has 1 N–H and O–H groups in total. The summed E-state index contributed by atoms with van der Waals surface area (Å²) in [6, 6.07) is 8.50. The van der Waals surface area contributed by atoms with Crippen LogP contribution in [0, 0.1) is 0 Å². The summed E-state index contributed by atoms with van der Waals surface area (Å²) >= 11 is 0. The second kappa shape index (κ2) is 9.75. The quantitative estimate of drug-likeness (QED) is 0.713. The summed E-state index contributed by atoms with van der Waals surface area (Å²) in [7, 11) is 5.58. The molecule has 0 fully saturated rings. The molecule has 114 valence electrons. The van der Waals surface area contributed by atoms with Gasteiger partial charge in [-0.3, -0.25) is 0 Å². The molecule has 0 bridgehead atoms. The number of para-hydroxylation sites is 1. The number of nitrogens with one attached hydrogen (secondary N) is 1. The lowest BCUT2D eigenvalue weighted by molar-refractivity contribution is 0.155. The molecular weight excluding hydrogens is 252 g/mol. The molecule has 0 aromatic heterocycles. The Hall–Kier alpha value is -1.10. The van der Waals surface area contributed by atoms with Gasteiger partial charge in [-0.2, -0.15) is 0 Å². The topological polar surface area (TPSA) is 33.7 Å². The first-order chi connectivity index (χ1) is 9.72. The summed E-state index contributed by atoms with van der Waals surface area (Å²) in [6.45, 7) is 5.80. The lowest BCUT2D eigenvalue weighted by Crippen LogP contribution is -2.35. The maximum atomic E-state index is 5.49. The van der Waals surface area contributed by atoms with Crippen LogP contribution in [-0.2, 0) is 4.74 Å². The van der Waals surface area contributed by atoms with E-state index in [0.717, 1.165) is 38.4 Å². The van der Waals surface area contributed by atoms with Gasteiger partial charge >= 0.3 is 0 Å². The summed E-state index contributed by atoms with van der Waals surface area (Å²) in [5.41, 5.74) is 1.22. The average Bonchev–Trinajstić information content (AvgIpc) is 2.49. The lowest BCUT2D eigenvalue weighted by atomic mass is 10.0. The molecule has 0 aliphatic carbocycles. The van der Waals surface area contributed by atoms with Crippen LogP contribution in [0.2, 0.25) is 0 Å². The standard InChI is InChI=1S/C16H28N2O2/c1-5-10-17-15(13-18(2)11-12-19-3)14-8-6-7-9-16(14)20-4/h6-9,15,17H,5,10-13H2,1-4H3. The average molecular weight is 280 g/mol. The molecule has 0 saturated carbocycles. The SMILES string of the molecule is CCCNC(CN(C)CCOC)c1ccccc1OC. The van der Waals surface area contributed by atoms with E-state index in [1.165, 1.54) is 5.56 Å². The first-order valence-corrected chi connectivity index (χ1v) is 7.26. The third kappa shape index (κ3) is 5.49. The van der Waals surface area contributed by atoms with Crippen molar-refractivity contribution in [3.8, 4) is 5.75 Å². The molecule has 0 amide bonds. The van der Waals surface area contributed by atoms with E-state index < -0.39 is 0 Å². The number of rotatable bonds is 10. The zero-order chi connectivity index (χ0) is 14.8. The van der Waals surface area contributed by atoms with Crippen molar-refractivity contribution >= 4 is 0 Å². The maximum Gasteiger partial charge on any atom is 0.123 e. The predicted octanol–water partition coefficient (Wildman–Crippen LogP) is 2.31. The van der Waals surface area contributed by atoms with E-state index in [2.05, 4.69) is 36.3 Å². The van der Waals surface area contributed by atoms with Gasteiger partial charge in [0.2, 0.25) is 0 Å². The van der Waals surface area contributed by atoms with Crippen LogP contribution in [0.5, 0.6) is 5.75 Å². The predicted molar refractivity (Wildman–Crippen MR) is 83.4 cm³/mol. The van der Waals surface area contributed by atoms with Crippen molar-refractivity contribution in [2.24, 2.45) is 0 Å². The van der Waals surface area contributed by atoms with Crippen molar-refractivity contribution in [1.82, 2.24) is 10.2 Å². The number of nitrogens with zero attached hydrogens (tertiary/aromatic N) is 1. The highest BCUT2D eigenvalue weighted by molar-refractivity contribution is 5.36. The fourth-order valence-electron chi connectivity index (χ4n) is 2.20. The normalized spacial score (nSPS) is 12.7. The van der Waals surface area contributed by atoms with Crippen LogP contribution in [0.25, 0.3) is 0 Å².